The Kier molecular flexibility index (Phi) is 7.04. The summed E-state index contributed by atoms with van der Waals surface area (Å²) in [7, 11) is 0. The molecule has 0 saturated heterocycles. The molecule has 0 radical (unpaired) electrons. The molecule has 1 N–H and O–H groups in total. The molecule has 3 aromatic rings. The number of aryl methyl sites for hydroxylation is 1. The van der Waals surface area contributed by atoms with Crippen LogP contribution in [0, 0.1) is 12.7 Å². The van der Waals surface area contributed by atoms with Crippen LogP contribution in [0.5, 0.6) is 0 Å². The number of carbonyl (C=O) groups is 2. The van der Waals surface area contributed by atoms with E-state index in [0.717, 1.165) is 22.1 Å². The van der Waals surface area contributed by atoms with E-state index in [1.807, 2.05) is 13.8 Å². The van der Waals surface area contributed by atoms with Gasteiger partial charge in [-0.1, -0.05) is 0 Å². The van der Waals surface area contributed by atoms with E-state index in [1.165, 1.54) is 6.07 Å². The molecule has 6 rings (SSSR count). The van der Waals surface area contributed by atoms with Gasteiger partial charge in [0.1, 0.15) is 19.0 Å². The number of carbonyl (C=O) groups excluding carboxylic acids is 2. The third-order valence-corrected chi connectivity index (χ3v) is 7.99. The van der Waals surface area contributed by atoms with Crippen molar-refractivity contribution < 1.29 is 33.3 Å². The van der Waals surface area contributed by atoms with E-state index in [4.69, 9.17) is 19.2 Å². The van der Waals surface area contributed by atoms with E-state index in [0.29, 0.717) is 41.9 Å². The summed E-state index contributed by atoms with van der Waals surface area (Å²) >= 11 is 0. The van der Waals surface area contributed by atoms with Gasteiger partial charge in [-0.15, -0.1) is 0 Å². The van der Waals surface area contributed by atoms with E-state index in [9.17, 15) is 23.9 Å². The minimum absolute atomic E-state index is 0.0749. The van der Waals surface area contributed by atoms with E-state index in [2.05, 4.69) is 4.99 Å². The van der Waals surface area contributed by atoms with Crippen LogP contribution in [-0.4, -0.2) is 58.7 Å². The molecule has 2 aromatic heterocycles. The molecule has 10 nitrogen and oxygen atoms in total. The van der Waals surface area contributed by atoms with Gasteiger partial charge < -0.3 is 23.9 Å². The largest absolute Gasteiger partial charge is 0.458 e. The first-order valence-electron chi connectivity index (χ1n) is 13.7. The Morgan fingerprint density at radius 1 is 1.27 bits per heavy atom. The molecular formula is C30H30FN3O7. The minimum atomic E-state index is -1.57. The molecule has 1 aliphatic carbocycles. The Labute approximate surface area is 234 Å². The van der Waals surface area contributed by atoms with Crippen LogP contribution in [-0.2, 0) is 43.4 Å². The monoisotopic (exact) mass is 563 g/mol. The average Bonchev–Trinajstić information content (AvgIpc) is 3.31. The van der Waals surface area contributed by atoms with E-state index < -0.39 is 18.0 Å². The SMILES string of the molecule is Cc1c(F)cc2nc3c(c4c2c1CCC4/C=N/C(=O)COCCOC(C)C)Cn1c-3cc2c(c1=O)COC(=O)[C@H]2O. The highest BCUT2D eigenvalue weighted by molar-refractivity contribution is 5.97. The summed E-state index contributed by atoms with van der Waals surface area (Å²) in [5.41, 5.74) is 4.42. The molecular weight excluding hydrogens is 533 g/mol. The lowest BCUT2D eigenvalue weighted by Gasteiger charge is -2.27. The summed E-state index contributed by atoms with van der Waals surface area (Å²) in [6, 6.07) is 2.99. The normalized spacial score (nSPS) is 19.0. The Balaban J connectivity index is 1.41. The summed E-state index contributed by atoms with van der Waals surface area (Å²) < 4.78 is 32.3. The van der Waals surface area contributed by atoms with Crippen LogP contribution < -0.4 is 5.56 Å². The lowest BCUT2D eigenvalue weighted by atomic mass is 9.78. The molecule has 2 aliphatic heterocycles. The lowest BCUT2D eigenvalue weighted by Crippen LogP contribution is -2.32. The summed E-state index contributed by atoms with van der Waals surface area (Å²) in [6.07, 6.45) is 1.28. The molecule has 214 valence electrons. The van der Waals surface area contributed by atoms with Gasteiger partial charge in [0.15, 0.2) is 6.10 Å². The van der Waals surface area contributed by atoms with E-state index >= 15 is 0 Å². The van der Waals surface area contributed by atoms with Gasteiger partial charge in [0, 0.05) is 34.7 Å². The Morgan fingerprint density at radius 3 is 2.85 bits per heavy atom. The van der Waals surface area contributed by atoms with Crippen molar-refractivity contribution in [2.75, 3.05) is 19.8 Å². The number of hydrogen-bond acceptors (Lipinski definition) is 8. The van der Waals surface area contributed by atoms with Crippen LogP contribution in [0.25, 0.3) is 22.3 Å². The van der Waals surface area contributed by atoms with Gasteiger partial charge in [-0.2, -0.15) is 0 Å². The first-order valence-corrected chi connectivity index (χ1v) is 13.7. The molecule has 2 atom stereocenters. The van der Waals surface area contributed by atoms with Gasteiger partial charge in [-0.05, 0) is 56.4 Å². The second-order valence-corrected chi connectivity index (χ2v) is 10.9. The zero-order valence-corrected chi connectivity index (χ0v) is 23.0. The zero-order chi connectivity index (χ0) is 29.0. The number of aliphatic imine (C=N–C) groups is 1. The van der Waals surface area contributed by atoms with E-state index in [-0.39, 0.29) is 60.9 Å². The zero-order valence-electron chi connectivity index (χ0n) is 23.0. The number of esters is 1. The van der Waals surface area contributed by atoms with Crippen molar-refractivity contribution in [1.82, 2.24) is 9.55 Å². The fourth-order valence-electron chi connectivity index (χ4n) is 6.00. The summed E-state index contributed by atoms with van der Waals surface area (Å²) in [5, 5.41) is 11.2. The third-order valence-electron chi connectivity index (χ3n) is 7.99. The number of halogens is 1. The molecule has 0 bridgehead atoms. The molecule has 1 amide bonds. The third kappa shape index (κ3) is 4.67. The Bertz CT molecular complexity index is 1690. The number of aromatic nitrogens is 2. The molecule has 0 saturated carbocycles. The molecule has 4 heterocycles. The van der Waals surface area contributed by atoms with Crippen molar-refractivity contribution in [3.8, 4) is 11.4 Å². The van der Waals surface area contributed by atoms with Crippen molar-refractivity contribution in [3.63, 3.8) is 0 Å². The fourth-order valence-corrected chi connectivity index (χ4v) is 6.00. The number of aliphatic hydroxyl groups is 1. The second-order valence-electron chi connectivity index (χ2n) is 10.9. The summed E-state index contributed by atoms with van der Waals surface area (Å²) in [4.78, 5) is 46.9. The Morgan fingerprint density at radius 2 is 2.07 bits per heavy atom. The van der Waals surface area contributed by atoms with E-state index in [1.54, 1.807) is 23.8 Å². The van der Waals surface area contributed by atoms with Crippen LogP contribution >= 0.6 is 0 Å². The van der Waals surface area contributed by atoms with Gasteiger partial charge >= 0.3 is 5.97 Å². The van der Waals surface area contributed by atoms with Crippen LogP contribution in [0.4, 0.5) is 4.39 Å². The number of hydrogen-bond donors (Lipinski definition) is 1. The predicted molar refractivity (Wildman–Crippen MR) is 146 cm³/mol. The fraction of sp³-hybridized carbons (Fsp3) is 0.433. The lowest BCUT2D eigenvalue weighted by molar-refractivity contribution is -0.157. The van der Waals surface area contributed by atoms with Gasteiger partial charge in [0.25, 0.3) is 11.5 Å². The van der Waals surface area contributed by atoms with Crippen LogP contribution in [0.1, 0.15) is 65.7 Å². The van der Waals surface area contributed by atoms with Crippen LogP contribution in [0.2, 0.25) is 0 Å². The highest BCUT2D eigenvalue weighted by Crippen LogP contribution is 2.45. The number of ether oxygens (including phenoxy) is 3. The second kappa shape index (κ2) is 10.6. The number of cyclic esters (lactones) is 1. The highest BCUT2D eigenvalue weighted by Gasteiger charge is 2.37. The van der Waals surface area contributed by atoms with Gasteiger partial charge in [0.05, 0.1) is 48.3 Å². The smallest absolute Gasteiger partial charge is 0.340 e. The minimum Gasteiger partial charge on any atom is -0.458 e. The topological polar surface area (TPSA) is 129 Å². The first-order chi connectivity index (χ1) is 19.7. The van der Waals surface area contributed by atoms with Crippen molar-refractivity contribution in [3.05, 3.63) is 61.7 Å². The Hall–Kier alpha value is -3.80. The maximum Gasteiger partial charge on any atom is 0.340 e. The van der Waals surface area contributed by atoms with Gasteiger partial charge in [0.2, 0.25) is 0 Å². The molecule has 11 heteroatoms. The van der Waals surface area contributed by atoms with Crippen molar-refractivity contribution >= 4 is 29.0 Å². The van der Waals surface area contributed by atoms with Crippen molar-refractivity contribution in [1.29, 1.82) is 0 Å². The highest BCUT2D eigenvalue weighted by atomic mass is 19.1. The summed E-state index contributed by atoms with van der Waals surface area (Å²) in [5.74, 6) is -1.90. The van der Waals surface area contributed by atoms with Crippen LogP contribution in [0.3, 0.4) is 0 Å². The maximum atomic E-state index is 15.0. The number of benzene rings is 1. The molecule has 1 aromatic carbocycles. The predicted octanol–water partition coefficient (Wildman–Crippen LogP) is 3.03. The first kappa shape index (κ1) is 27.4. The quantitative estimate of drug-likeness (QED) is 0.206. The standard InChI is InChI=1S/C30H30FN3O7/c1-14(2)40-7-6-39-13-24(35)32-10-16-4-5-17-15(3)21(31)9-22-26(17)25(16)19-11-34-23(27(19)33-22)8-18-20(29(34)37)12-41-30(38)28(18)36/h8-10,14,16,28,36H,4-7,11-13H2,1-3H3/b32-10+/t16?,28-/m0/s1. The molecule has 3 aliphatic rings. The number of fused-ring (bicyclic) bond motifs is 5. The van der Waals surface area contributed by atoms with Crippen molar-refractivity contribution in [2.45, 2.75) is 64.9 Å². The number of pyridine rings is 2. The molecule has 0 spiro atoms. The number of rotatable bonds is 7. The number of aliphatic hydroxyl groups excluding tert-OH is 1. The van der Waals surface area contributed by atoms with Gasteiger partial charge in [-0.25, -0.2) is 19.2 Å². The number of amides is 1. The molecule has 41 heavy (non-hydrogen) atoms. The van der Waals surface area contributed by atoms with Crippen LogP contribution in [0.15, 0.2) is 21.9 Å². The molecule has 0 fully saturated rings. The number of nitrogens with zero attached hydrogens (tertiary/aromatic N) is 3. The maximum absolute atomic E-state index is 15.0. The van der Waals surface area contributed by atoms with Gasteiger partial charge in [-0.3, -0.25) is 9.59 Å². The average molecular weight is 564 g/mol. The molecule has 1 unspecified atom stereocenters. The summed E-state index contributed by atoms with van der Waals surface area (Å²) in [6.45, 7) is 6.04. The van der Waals surface area contributed by atoms with Crippen molar-refractivity contribution in [2.24, 2.45) is 4.99 Å².